The maximum absolute atomic E-state index is 5.68. The van der Waals surface area contributed by atoms with Gasteiger partial charge in [0.05, 0.1) is 12.6 Å². The Labute approximate surface area is 105 Å². The number of nitrogens with one attached hydrogen (secondary N) is 1. The highest BCUT2D eigenvalue weighted by atomic mass is 16.5. The van der Waals surface area contributed by atoms with Crippen LogP contribution >= 0.6 is 0 Å². The van der Waals surface area contributed by atoms with Gasteiger partial charge in [0.25, 0.3) is 0 Å². The molecule has 0 aliphatic carbocycles. The fourth-order valence-electron chi connectivity index (χ4n) is 1.99. The maximum Gasteiger partial charge on any atom is 0.0661 e. The molecule has 2 nitrogen and oxygen atoms in total. The summed E-state index contributed by atoms with van der Waals surface area (Å²) in [6.07, 6.45) is 1.08. The van der Waals surface area contributed by atoms with E-state index in [4.69, 9.17) is 4.74 Å². The third-order valence-corrected chi connectivity index (χ3v) is 2.89. The first-order valence-electron chi connectivity index (χ1n) is 6.57. The lowest BCUT2D eigenvalue weighted by atomic mass is 9.99. The molecule has 0 radical (unpaired) electrons. The molecule has 0 bridgehead atoms. The minimum Gasteiger partial charge on any atom is -0.379 e. The fourth-order valence-corrected chi connectivity index (χ4v) is 1.99. The van der Waals surface area contributed by atoms with Gasteiger partial charge in [-0.2, -0.15) is 0 Å². The molecule has 1 N–H and O–H groups in total. The molecule has 0 aromatic heterocycles. The Morgan fingerprint density at radius 2 is 2.00 bits per heavy atom. The van der Waals surface area contributed by atoms with Gasteiger partial charge in [0.15, 0.2) is 0 Å². The monoisotopic (exact) mass is 235 g/mol. The molecule has 1 rings (SSSR count). The van der Waals surface area contributed by atoms with Crippen LogP contribution in [0, 0.1) is 13.8 Å². The van der Waals surface area contributed by atoms with E-state index in [1.807, 2.05) is 0 Å². The Bertz CT molecular complexity index is 336. The molecule has 0 saturated carbocycles. The number of benzene rings is 1. The van der Waals surface area contributed by atoms with Gasteiger partial charge in [-0.05, 0) is 37.9 Å². The molecule has 1 atom stereocenters. The number of likely N-dealkylation sites (N-methyl/N-ethyl adjacent to an activating group) is 1. The first kappa shape index (κ1) is 14.2. The summed E-state index contributed by atoms with van der Waals surface area (Å²) in [6, 6.07) is 6.92. The van der Waals surface area contributed by atoms with E-state index in [-0.39, 0.29) is 0 Å². The second-order valence-electron chi connectivity index (χ2n) is 4.55. The zero-order valence-electron chi connectivity index (χ0n) is 11.5. The quantitative estimate of drug-likeness (QED) is 0.732. The van der Waals surface area contributed by atoms with E-state index in [2.05, 4.69) is 51.2 Å². The van der Waals surface area contributed by atoms with Gasteiger partial charge in [-0.3, -0.25) is 0 Å². The average Bonchev–Trinajstić information content (AvgIpc) is 2.32. The minimum absolute atomic E-state index is 0.312. The second-order valence-corrected chi connectivity index (χ2v) is 4.55. The number of ether oxygens (including phenoxy) is 1. The topological polar surface area (TPSA) is 21.3 Å². The van der Waals surface area contributed by atoms with Crippen molar-refractivity contribution in [3.63, 3.8) is 0 Å². The summed E-state index contributed by atoms with van der Waals surface area (Å²) in [6.45, 7) is 11.1. The molecule has 0 amide bonds. The van der Waals surface area contributed by atoms with Crippen LogP contribution in [0.3, 0.4) is 0 Å². The summed E-state index contributed by atoms with van der Waals surface area (Å²) in [7, 11) is 0. The number of aryl methyl sites for hydroxylation is 2. The first-order chi connectivity index (χ1) is 8.19. The second kappa shape index (κ2) is 7.46. The Morgan fingerprint density at radius 3 is 2.65 bits per heavy atom. The summed E-state index contributed by atoms with van der Waals surface area (Å²) < 4.78 is 5.68. The maximum atomic E-state index is 5.68. The smallest absolute Gasteiger partial charge is 0.0661 e. The molecule has 17 heavy (non-hydrogen) atoms. The highest BCUT2D eigenvalue weighted by molar-refractivity contribution is 5.33. The largest absolute Gasteiger partial charge is 0.379 e. The molecule has 1 aromatic rings. The van der Waals surface area contributed by atoms with Gasteiger partial charge in [-0.15, -0.1) is 0 Å². The lowest BCUT2D eigenvalue weighted by Crippen LogP contribution is -2.26. The summed E-state index contributed by atoms with van der Waals surface area (Å²) in [5, 5.41) is 3.50. The van der Waals surface area contributed by atoms with Crippen molar-refractivity contribution >= 4 is 0 Å². The van der Waals surface area contributed by atoms with Crippen LogP contribution in [0.15, 0.2) is 18.2 Å². The van der Waals surface area contributed by atoms with E-state index in [0.717, 1.165) is 26.2 Å². The number of rotatable bonds is 7. The van der Waals surface area contributed by atoms with Gasteiger partial charge in [-0.1, -0.05) is 37.6 Å². The van der Waals surface area contributed by atoms with Crippen molar-refractivity contribution in [3.05, 3.63) is 34.9 Å². The van der Waals surface area contributed by atoms with Crippen molar-refractivity contribution in [3.8, 4) is 0 Å². The molecule has 0 heterocycles. The van der Waals surface area contributed by atoms with Gasteiger partial charge in [0.2, 0.25) is 0 Å². The third-order valence-electron chi connectivity index (χ3n) is 2.89. The van der Waals surface area contributed by atoms with Crippen LogP contribution in [0.1, 0.15) is 43.0 Å². The molecule has 0 fully saturated rings. The summed E-state index contributed by atoms with van der Waals surface area (Å²) in [5.41, 5.74) is 4.01. The van der Waals surface area contributed by atoms with Crippen LogP contribution in [0.25, 0.3) is 0 Å². The molecule has 96 valence electrons. The molecule has 0 aliphatic rings. The molecule has 0 spiro atoms. The predicted molar refractivity (Wildman–Crippen MR) is 73.4 cm³/mol. The van der Waals surface area contributed by atoms with Gasteiger partial charge in [0, 0.05) is 6.61 Å². The van der Waals surface area contributed by atoms with E-state index >= 15 is 0 Å². The molecule has 2 heteroatoms. The van der Waals surface area contributed by atoms with Crippen LogP contribution in [0.2, 0.25) is 0 Å². The highest BCUT2D eigenvalue weighted by Crippen LogP contribution is 2.19. The van der Waals surface area contributed by atoms with E-state index in [1.165, 1.54) is 16.7 Å². The standard InChI is InChI=1S/C15H25NO/c1-5-9-17-11-15(16-6-2)14-10-12(3)7-8-13(14)4/h7-8,10,15-16H,5-6,9,11H2,1-4H3. The SMILES string of the molecule is CCCOCC(NCC)c1cc(C)ccc1C. The summed E-state index contributed by atoms with van der Waals surface area (Å²) in [4.78, 5) is 0. The predicted octanol–water partition coefficient (Wildman–Crippen LogP) is 3.38. The lowest BCUT2D eigenvalue weighted by molar-refractivity contribution is 0.112. The van der Waals surface area contributed by atoms with E-state index in [1.54, 1.807) is 0 Å². The van der Waals surface area contributed by atoms with Crippen LogP contribution < -0.4 is 5.32 Å². The Hall–Kier alpha value is -0.860. The molecular formula is C15H25NO. The third kappa shape index (κ3) is 4.49. The Kier molecular flexibility index (Phi) is 6.23. The number of hydrogen-bond acceptors (Lipinski definition) is 2. The zero-order valence-corrected chi connectivity index (χ0v) is 11.5. The van der Waals surface area contributed by atoms with Crippen molar-refractivity contribution in [2.45, 2.75) is 40.2 Å². The van der Waals surface area contributed by atoms with E-state index in [0.29, 0.717) is 6.04 Å². The van der Waals surface area contributed by atoms with Crippen molar-refractivity contribution in [2.24, 2.45) is 0 Å². The molecule has 0 aliphatic heterocycles. The van der Waals surface area contributed by atoms with Gasteiger partial charge in [-0.25, -0.2) is 0 Å². The Balaban J connectivity index is 2.77. The van der Waals surface area contributed by atoms with Crippen LogP contribution in [-0.4, -0.2) is 19.8 Å². The highest BCUT2D eigenvalue weighted by Gasteiger charge is 2.12. The average molecular weight is 235 g/mol. The minimum atomic E-state index is 0.312. The van der Waals surface area contributed by atoms with Crippen molar-refractivity contribution in [1.82, 2.24) is 5.32 Å². The summed E-state index contributed by atoms with van der Waals surface area (Å²) >= 11 is 0. The van der Waals surface area contributed by atoms with Gasteiger partial charge in [0.1, 0.15) is 0 Å². The van der Waals surface area contributed by atoms with Crippen LogP contribution in [0.5, 0.6) is 0 Å². The molecule has 0 saturated heterocycles. The zero-order chi connectivity index (χ0) is 12.7. The van der Waals surface area contributed by atoms with Crippen molar-refractivity contribution < 1.29 is 4.74 Å². The van der Waals surface area contributed by atoms with Crippen LogP contribution in [-0.2, 0) is 4.74 Å². The van der Waals surface area contributed by atoms with Gasteiger partial charge >= 0.3 is 0 Å². The van der Waals surface area contributed by atoms with Crippen molar-refractivity contribution in [1.29, 1.82) is 0 Å². The molecule has 1 aromatic carbocycles. The Morgan fingerprint density at radius 1 is 1.24 bits per heavy atom. The molecule has 1 unspecified atom stereocenters. The number of hydrogen-bond donors (Lipinski definition) is 1. The van der Waals surface area contributed by atoms with Gasteiger partial charge < -0.3 is 10.1 Å². The summed E-state index contributed by atoms with van der Waals surface area (Å²) in [5.74, 6) is 0. The van der Waals surface area contributed by atoms with E-state index in [9.17, 15) is 0 Å². The van der Waals surface area contributed by atoms with E-state index < -0.39 is 0 Å². The lowest BCUT2D eigenvalue weighted by Gasteiger charge is -2.21. The van der Waals surface area contributed by atoms with Crippen molar-refractivity contribution in [2.75, 3.05) is 19.8 Å². The first-order valence-corrected chi connectivity index (χ1v) is 6.57. The fraction of sp³-hybridized carbons (Fsp3) is 0.600. The normalized spacial score (nSPS) is 12.7. The van der Waals surface area contributed by atoms with Crippen LogP contribution in [0.4, 0.5) is 0 Å². The molecular weight excluding hydrogens is 210 g/mol.